The van der Waals surface area contributed by atoms with Crippen LogP contribution in [0.2, 0.25) is 0 Å². The topological polar surface area (TPSA) is 89.5 Å². The molecule has 27 heteroatoms. The molecule has 0 amide bonds. The van der Waals surface area contributed by atoms with Gasteiger partial charge in [0.05, 0.1) is 18.0 Å². The summed E-state index contributed by atoms with van der Waals surface area (Å²) < 4.78 is 274. The molecule has 1 N–H and O–H groups in total. The summed E-state index contributed by atoms with van der Waals surface area (Å²) in [4.78, 5) is 3.95. The Morgan fingerprint density at radius 2 is 0.722 bits per heavy atom. The van der Waals surface area contributed by atoms with Crippen LogP contribution in [0.1, 0.15) is 0 Å². The Bertz CT molecular complexity index is 1820. The van der Waals surface area contributed by atoms with Gasteiger partial charge in [0.2, 0.25) is 0 Å². The van der Waals surface area contributed by atoms with Crippen LogP contribution >= 0.6 is 0 Å². The highest BCUT2D eigenvalue weighted by Gasteiger charge is 2.88. The van der Waals surface area contributed by atoms with Crippen molar-refractivity contribution in [3.63, 3.8) is 0 Å². The zero-order chi connectivity index (χ0) is 42.2. The molecule has 0 bridgehead atoms. The Hall–Kier alpha value is -3.59. The minimum Gasteiger partial charge on any atom is -0.497 e. The van der Waals surface area contributed by atoms with Crippen molar-refractivity contribution in [3.05, 3.63) is 84.9 Å². The standard InChI is InChI=1S/C19H17OS.C8HF18NO4S2/c1-20-16-12-14-19(15-13-16)21(17-8-4-2-5-9-17)18-10-6-3-7-11-18;9-1(10,5(17,18)19)3(13,14)7(23,24)32(28,29)27-33(30,31)8(25,26)4(15,16)2(11,12)6(20,21)22/h2-15H,1H3;27H/q+1;. The van der Waals surface area contributed by atoms with Crippen LogP contribution in [0, 0.1) is 0 Å². The first kappa shape index (κ1) is 46.6. The third-order valence-electron chi connectivity index (χ3n) is 6.38. The van der Waals surface area contributed by atoms with E-state index in [9.17, 15) is 95.9 Å². The van der Waals surface area contributed by atoms with Gasteiger partial charge in [0, 0.05) is 0 Å². The molecule has 0 unspecified atom stereocenters. The molecule has 0 saturated heterocycles. The lowest BCUT2D eigenvalue weighted by Crippen LogP contribution is -2.68. The smallest absolute Gasteiger partial charge is 0.460 e. The number of ether oxygens (including phenoxy) is 1. The second-order valence-corrected chi connectivity index (χ2v) is 15.8. The number of rotatable bonds is 12. The molecule has 0 radical (unpaired) electrons. The highest BCUT2D eigenvalue weighted by atomic mass is 32.3. The first-order valence-corrected chi connectivity index (χ1v) is 17.4. The van der Waals surface area contributed by atoms with E-state index in [2.05, 4.69) is 72.8 Å². The summed E-state index contributed by atoms with van der Waals surface area (Å²) in [6.07, 6.45) is -15.5. The van der Waals surface area contributed by atoms with Crippen molar-refractivity contribution in [3.8, 4) is 5.75 Å². The Kier molecular flexibility index (Phi) is 13.1. The van der Waals surface area contributed by atoms with Crippen LogP contribution < -0.4 is 8.86 Å². The maximum atomic E-state index is 13.2. The van der Waals surface area contributed by atoms with Gasteiger partial charge in [0.1, 0.15) is 5.75 Å². The van der Waals surface area contributed by atoms with Gasteiger partial charge >= 0.3 is 46.6 Å². The van der Waals surface area contributed by atoms with Crippen molar-refractivity contribution < 1.29 is 101 Å². The van der Waals surface area contributed by atoms with Crippen molar-refractivity contribution in [1.29, 1.82) is 0 Å². The van der Waals surface area contributed by atoms with Gasteiger partial charge < -0.3 is 4.74 Å². The van der Waals surface area contributed by atoms with Crippen molar-refractivity contribution >= 4 is 30.9 Å². The summed E-state index contributed by atoms with van der Waals surface area (Å²) in [5.74, 6) is -32.0. The highest BCUT2D eigenvalue weighted by Crippen LogP contribution is 2.57. The van der Waals surface area contributed by atoms with Gasteiger partial charge in [-0.3, -0.25) is 0 Å². The average Bonchev–Trinajstić information content (AvgIpc) is 3.04. The van der Waals surface area contributed by atoms with E-state index in [4.69, 9.17) is 4.74 Å². The summed E-state index contributed by atoms with van der Waals surface area (Å²) in [6, 6.07) is 29.7. The molecule has 0 heterocycles. The Morgan fingerprint density at radius 1 is 0.444 bits per heavy atom. The minimum absolute atomic E-state index is 0.0804. The van der Waals surface area contributed by atoms with E-state index in [0.717, 1.165) is 5.75 Å². The molecule has 0 fully saturated rings. The van der Waals surface area contributed by atoms with Crippen molar-refractivity contribution in [2.24, 2.45) is 0 Å². The second-order valence-electron chi connectivity index (χ2n) is 10.0. The zero-order valence-electron chi connectivity index (χ0n) is 25.7. The van der Waals surface area contributed by atoms with Crippen LogP contribution in [0.3, 0.4) is 0 Å². The largest absolute Gasteiger partial charge is 0.497 e. The van der Waals surface area contributed by atoms with Gasteiger partial charge in [-0.15, -0.1) is 0 Å². The second kappa shape index (κ2) is 15.2. The molecule has 6 nitrogen and oxygen atoms in total. The number of nitrogens with one attached hydrogen (secondary N) is 1. The fraction of sp³-hybridized carbons (Fsp3) is 0.333. The lowest BCUT2D eigenvalue weighted by molar-refractivity contribution is -0.382. The zero-order valence-corrected chi connectivity index (χ0v) is 28.1. The predicted molar refractivity (Wildman–Crippen MR) is 151 cm³/mol. The molecular weight excluding hydrogens is 856 g/mol. The Balaban J connectivity index is 0.000000407. The third kappa shape index (κ3) is 8.31. The van der Waals surface area contributed by atoms with Gasteiger partial charge in [0.25, 0.3) is 20.0 Å². The van der Waals surface area contributed by atoms with E-state index in [1.165, 1.54) is 14.7 Å². The highest BCUT2D eigenvalue weighted by molar-refractivity contribution is 8.05. The Morgan fingerprint density at radius 3 is 0.981 bits per heavy atom. The maximum Gasteiger partial charge on any atom is 0.460 e. The SMILES string of the molecule is COc1ccc([S+](c2ccccc2)c2ccccc2)cc1.O=S(=O)(NS(=O)(=O)C(F)(F)C(F)(F)C(F)(F)C(F)(F)F)C(F)(F)C(F)(F)C(F)(F)C(F)(F)F. The minimum atomic E-state index is -8.68. The quantitative estimate of drug-likeness (QED) is 0.145. The van der Waals surface area contributed by atoms with Gasteiger partial charge in [-0.25, -0.2) is 16.8 Å². The first-order chi connectivity index (χ1) is 24.1. The summed E-state index contributed by atoms with van der Waals surface area (Å²) in [5, 5.41) is -16.3. The molecule has 0 aliphatic heterocycles. The molecular formula is C27H18F18NO5S3+. The number of halogens is 18. The van der Waals surface area contributed by atoms with Gasteiger partial charge in [-0.2, -0.15) is 79.0 Å². The number of sulfonamides is 2. The van der Waals surface area contributed by atoms with Crippen LogP contribution in [0.5, 0.6) is 5.75 Å². The Labute approximate surface area is 294 Å². The van der Waals surface area contributed by atoms with E-state index in [0.29, 0.717) is 0 Å². The van der Waals surface area contributed by atoms with Crippen molar-refractivity contribution in [2.45, 2.75) is 61.2 Å². The van der Waals surface area contributed by atoms with Crippen LogP contribution in [0.15, 0.2) is 99.6 Å². The van der Waals surface area contributed by atoms with Gasteiger partial charge in [-0.1, -0.05) is 40.5 Å². The van der Waals surface area contributed by atoms with Crippen LogP contribution in [0.4, 0.5) is 79.0 Å². The predicted octanol–water partition coefficient (Wildman–Crippen LogP) is 8.88. The van der Waals surface area contributed by atoms with Gasteiger partial charge in [0.15, 0.2) is 14.7 Å². The normalized spacial score (nSPS) is 14.4. The van der Waals surface area contributed by atoms with Crippen LogP contribution in [-0.2, 0) is 30.9 Å². The number of hydrogen-bond acceptors (Lipinski definition) is 5. The van der Waals surface area contributed by atoms with Crippen LogP contribution in [-0.4, -0.2) is 70.5 Å². The molecule has 0 aliphatic carbocycles. The van der Waals surface area contributed by atoms with Crippen molar-refractivity contribution in [1.82, 2.24) is 4.13 Å². The summed E-state index contributed by atoms with van der Waals surface area (Å²) in [6.45, 7) is 0. The molecule has 0 saturated carbocycles. The lowest BCUT2D eigenvalue weighted by atomic mass is 10.1. The van der Waals surface area contributed by atoms with E-state index >= 15 is 0 Å². The number of hydrogen-bond donors (Lipinski definition) is 1. The van der Waals surface area contributed by atoms with E-state index in [1.54, 1.807) is 7.11 Å². The number of benzene rings is 3. The fourth-order valence-corrected chi connectivity index (χ4v) is 8.55. The van der Waals surface area contributed by atoms with E-state index in [1.807, 2.05) is 12.1 Å². The number of alkyl halides is 18. The summed E-state index contributed by atoms with van der Waals surface area (Å²) >= 11 is 0. The average molecular weight is 875 g/mol. The fourth-order valence-electron chi connectivity index (χ4n) is 3.54. The molecule has 0 aliphatic rings. The summed E-state index contributed by atoms with van der Waals surface area (Å²) in [7, 11) is -15.8. The van der Waals surface area contributed by atoms with E-state index < -0.39 is 70.7 Å². The van der Waals surface area contributed by atoms with Gasteiger partial charge in [-0.05, 0) is 48.5 Å². The molecule has 3 rings (SSSR count). The molecule has 3 aromatic rings. The molecule has 3 aromatic carbocycles. The van der Waals surface area contributed by atoms with Crippen molar-refractivity contribution in [2.75, 3.05) is 7.11 Å². The lowest BCUT2D eigenvalue weighted by Gasteiger charge is -2.34. The summed E-state index contributed by atoms with van der Waals surface area (Å²) in [5.41, 5.74) is 0. The molecule has 0 atom stereocenters. The molecule has 0 spiro atoms. The third-order valence-corrected chi connectivity index (χ3v) is 12.2. The van der Waals surface area contributed by atoms with E-state index in [-0.39, 0.29) is 10.9 Å². The molecule has 54 heavy (non-hydrogen) atoms. The maximum absolute atomic E-state index is 13.2. The molecule has 304 valence electrons. The number of methoxy groups -OCH3 is 1. The monoisotopic (exact) mass is 874 g/mol. The molecule has 0 aromatic heterocycles. The van der Waals surface area contributed by atoms with Crippen LogP contribution in [0.25, 0.3) is 0 Å². The first-order valence-electron chi connectivity index (χ1n) is 13.3.